The summed E-state index contributed by atoms with van der Waals surface area (Å²) < 4.78 is 6.46. The second kappa shape index (κ2) is 6.89. The fraction of sp³-hybridized carbons (Fsp3) is 0.0833. The lowest BCUT2D eigenvalue weighted by Gasteiger charge is -2.07. The van der Waals surface area contributed by atoms with E-state index in [9.17, 15) is 10.1 Å². The van der Waals surface area contributed by atoms with E-state index in [2.05, 4.69) is 20.5 Å². The standard InChI is InChI=1S/C12H9N5O3S3/c1-20-8-5-3-2-4-7(8)14-10-15-16-12(22-10)23-11-13-6-9(21-11)17(18)19/h2-6H,1H3,(H,14,15). The molecule has 8 nitrogen and oxygen atoms in total. The van der Waals surface area contributed by atoms with Gasteiger partial charge in [-0.25, -0.2) is 4.98 Å². The molecule has 2 aromatic heterocycles. The van der Waals surface area contributed by atoms with E-state index in [1.54, 1.807) is 7.11 Å². The Labute approximate surface area is 142 Å². The van der Waals surface area contributed by atoms with Gasteiger partial charge in [0.25, 0.3) is 0 Å². The van der Waals surface area contributed by atoms with Crippen molar-refractivity contribution in [2.45, 2.75) is 8.68 Å². The molecular formula is C12H9N5O3S3. The summed E-state index contributed by atoms with van der Waals surface area (Å²) in [6, 6.07) is 7.47. The summed E-state index contributed by atoms with van der Waals surface area (Å²) in [5.41, 5.74) is 0.785. The summed E-state index contributed by atoms with van der Waals surface area (Å²) in [6.45, 7) is 0. The summed E-state index contributed by atoms with van der Waals surface area (Å²) in [5.74, 6) is 0.701. The monoisotopic (exact) mass is 367 g/mol. The smallest absolute Gasteiger partial charge is 0.344 e. The van der Waals surface area contributed by atoms with Crippen molar-refractivity contribution in [3.05, 3.63) is 40.6 Å². The number of methoxy groups -OCH3 is 1. The molecule has 23 heavy (non-hydrogen) atoms. The molecule has 0 bridgehead atoms. The van der Waals surface area contributed by atoms with E-state index < -0.39 is 4.92 Å². The summed E-state index contributed by atoms with van der Waals surface area (Å²) in [6.07, 6.45) is 1.24. The van der Waals surface area contributed by atoms with Crippen LogP contribution in [0.2, 0.25) is 0 Å². The van der Waals surface area contributed by atoms with Crippen LogP contribution in [-0.2, 0) is 0 Å². The van der Waals surface area contributed by atoms with Crippen molar-refractivity contribution < 1.29 is 9.66 Å². The summed E-state index contributed by atoms with van der Waals surface area (Å²) in [5, 5.41) is 22.5. The molecule has 0 radical (unpaired) electrons. The molecule has 2 heterocycles. The van der Waals surface area contributed by atoms with Crippen molar-refractivity contribution in [3.63, 3.8) is 0 Å². The molecule has 3 rings (SSSR count). The Morgan fingerprint density at radius 3 is 2.83 bits per heavy atom. The van der Waals surface area contributed by atoms with E-state index in [0.717, 1.165) is 17.0 Å². The third-order valence-corrected chi connectivity index (χ3v) is 5.50. The van der Waals surface area contributed by atoms with Crippen LogP contribution in [0.15, 0.2) is 39.1 Å². The topological polar surface area (TPSA) is 103 Å². The lowest BCUT2D eigenvalue weighted by Crippen LogP contribution is -1.93. The highest BCUT2D eigenvalue weighted by Gasteiger charge is 2.15. The van der Waals surface area contributed by atoms with Crippen LogP contribution >= 0.6 is 34.4 Å². The van der Waals surface area contributed by atoms with Crippen LogP contribution in [0.25, 0.3) is 0 Å². The summed E-state index contributed by atoms with van der Waals surface area (Å²) in [7, 11) is 1.59. The number of nitro groups is 1. The van der Waals surface area contributed by atoms with E-state index in [4.69, 9.17) is 4.74 Å². The lowest BCUT2D eigenvalue weighted by molar-refractivity contribution is -0.380. The Morgan fingerprint density at radius 2 is 2.09 bits per heavy atom. The van der Waals surface area contributed by atoms with Crippen LogP contribution in [0.1, 0.15) is 0 Å². The van der Waals surface area contributed by atoms with Gasteiger partial charge in [-0.15, -0.1) is 10.2 Å². The zero-order chi connectivity index (χ0) is 16.2. The van der Waals surface area contributed by atoms with Crippen LogP contribution < -0.4 is 10.1 Å². The maximum absolute atomic E-state index is 10.7. The van der Waals surface area contributed by atoms with Crippen molar-refractivity contribution in [1.29, 1.82) is 0 Å². The second-order valence-corrected chi connectivity index (χ2v) is 7.50. The third kappa shape index (κ3) is 3.75. The fourth-order valence-electron chi connectivity index (χ4n) is 1.62. The van der Waals surface area contributed by atoms with Crippen LogP contribution in [0.4, 0.5) is 15.8 Å². The lowest BCUT2D eigenvalue weighted by atomic mass is 10.3. The normalized spacial score (nSPS) is 10.5. The molecule has 0 saturated heterocycles. The molecule has 1 aromatic carbocycles. The Hall–Kier alpha value is -2.24. The Morgan fingerprint density at radius 1 is 1.26 bits per heavy atom. The molecule has 3 aromatic rings. The first-order valence-corrected chi connectivity index (χ1v) is 8.62. The van der Waals surface area contributed by atoms with Gasteiger partial charge in [0, 0.05) is 0 Å². The molecule has 0 spiro atoms. The Bertz CT molecular complexity index is 835. The van der Waals surface area contributed by atoms with Gasteiger partial charge in [-0.2, -0.15) is 0 Å². The van der Waals surface area contributed by atoms with Crippen molar-refractivity contribution >= 4 is 50.3 Å². The Balaban J connectivity index is 1.71. The highest BCUT2D eigenvalue weighted by atomic mass is 32.2. The maximum Gasteiger partial charge on any atom is 0.344 e. The quantitative estimate of drug-likeness (QED) is 0.518. The minimum absolute atomic E-state index is 0.00406. The number of benzene rings is 1. The number of hydrogen-bond acceptors (Lipinski definition) is 10. The number of nitrogens with zero attached hydrogens (tertiary/aromatic N) is 4. The number of para-hydroxylation sites is 2. The maximum atomic E-state index is 10.7. The van der Waals surface area contributed by atoms with Gasteiger partial charge in [-0.05, 0) is 35.2 Å². The molecule has 0 atom stereocenters. The third-order valence-electron chi connectivity index (χ3n) is 2.58. The van der Waals surface area contributed by atoms with Gasteiger partial charge < -0.3 is 10.1 Å². The molecular weight excluding hydrogens is 358 g/mol. The van der Waals surface area contributed by atoms with Gasteiger partial charge in [0.15, 0.2) is 8.68 Å². The molecule has 0 unspecified atom stereocenters. The van der Waals surface area contributed by atoms with Gasteiger partial charge in [0.1, 0.15) is 11.9 Å². The highest BCUT2D eigenvalue weighted by molar-refractivity contribution is 8.02. The van der Waals surface area contributed by atoms with Gasteiger partial charge in [0.05, 0.1) is 17.7 Å². The molecule has 118 valence electrons. The predicted molar refractivity (Wildman–Crippen MR) is 89.1 cm³/mol. The van der Waals surface area contributed by atoms with Crippen LogP contribution in [0, 0.1) is 10.1 Å². The molecule has 0 saturated carbocycles. The number of ether oxygens (including phenoxy) is 1. The minimum Gasteiger partial charge on any atom is -0.495 e. The van der Waals surface area contributed by atoms with E-state index >= 15 is 0 Å². The average Bonchev–Trinajstić information content (AvgIpc) is 3.18. The van der Waals surface area contributed by atoms with Crippen LogP contribution in [0.3, 0.4) is 0 Å². The molecule has 0 amide bonds. The number of rotatable bonds is 6. The van der Waals surface area contributed by atoms with E-state index in [1.807, 2.05) is 24.3 Å². The number of hydrogen-bond donors (Lipinski definition) is 1. The molecule has 0 aliphatic heterocycles. The van der Waals surface area contributed by atoms with Gasteiger partial charge >= 0.3 is 5.00 Å². The number of nitrogens with one attached hydrogen (secondary N) is 1. The molecule has 0 aliphatic carbocycles. The van der Waals surface area contributed by atoms with Gasteiger partial charge in [-0.1, -0.05) is 23.5 Å². The summed E-state index contributed by atoms with van der Waals surface area (Å²) in [4.78, 5) is 14.2. The summed E-state index contributed by atoms with van der Waals surface area (Å²) >= 11 is 3.58. The van der Waals surface area contributed by atoms with E-state index in [-0.39, 0.29) is 5.00 Å². The van der Waals surface area contributed by atoms with Gasteiger partial charge in [-0.3, -0.25) is 10.1 Å². The first kappa shape index (κ1) is 15.6. The van der Waals surface area contributed by atoms with Gasteiger partial charge in [0.2, 0.25) is 5.13 Å². The predicted octanol–water partition coefficient (Wildman–Crippen LogP) is 3.81. The zero-order valence-electron chi connectivity index (χ0n) is 11.6. The second-order valence-electron chi connectivity index (χ2n) is 4.02. The fourth-order valence-corrected chi connectivity index (χ4v) is 4.37. The van der Waals surface area contributed by atoms with Crippen LogP contribution in [-0.4, -0.2) is 27.2 Å². The zero-order valence-corrected chi connectivity index (χ0v) is 14.1. The van der Waals surface area contributed by atoms with E-state index in [1.165, 1.54) is 29.3 Å². The number of aromatic nitrogens is 3. The minimum atomic E-state index is -0.462. The molecule has 1 N–H and O–H groups in total. The van der Waals surface area contributed by atoms with E-state index in [0.29, 0.717) is 19.6 Å². The number of thiazole rings is 1. The van der Waals surface area contributed by atoms with Crippen molar-refractivity contribution in [1.82, 2.24) is 15.2 Å². The first-order valence-electron chi connectivity index (χ1n) is 6.17. The Kier molecular flexibility index (Phi) is 4.69. The van der Waals surface area contributed by atoms with Crippen LogP contribution in [0.5, 0.6) is 5.75 Å². The largest absolute Gasteiger partial charge is 0.495 e. The molecule has 0 aliphatic rings. The first-order chi connectivity index (χ1) is 11.2. The molecule has 11 heteroatoms. The highest BCUT2D eigenvalue weighted by Crippen LogP contribution is 2.37. The average molecular weight is 367 g/mol. The number of anilines is 2. The molecule has 0 fully saturated rings. The SMILES string of the molecule is COc1ccccc1Nc1nnc(Sc2ncc([N+](=O)[O-])s2)s1. The van der Waals surface area contributed by atoms with Crippen molar-refractivity contribution in [2.75, 3.05) is 12.4 Å². The van der Waals surface area contributed by atoms with Crippen molar-refractivity contribution in [2.24, 2.45) is 0 Å². The van der Waals surface area contributed by atoms with Crippen molar-refractivity contribution in [3.8, 4) is 5.75 Å².